The molecule has 0 fully saturated rings. The largest absolute Gasteiger partial charge is 0.409 e. The fourth-order valence-electron chi connectivity index (χ4n) is 1.61. The van der Waals surface area contributed by atoms with Gasteiger partial charge in [0.1, 0.15) is 11.5 Å². The summed E-state index contributed by atoms with van der Waals surface area (Å²) in [6.45, 7) is 6.50. The first kappa shape index (κ1) is 15.2. The van der Waals surface area contributed by atoms with Crippen LogP contribution in [0.2, 0.25) is 0 Å². The van der Waals surface area contributed by atoms with Crippen LogP contribution >= 0.6 is 0 Å². The Morgan fingerprint density at radius 3 is 2.68 bits per heavy atom. The number of ether oxygens (including phenoxy) is 1. The number of amidine groups is 1. The molecule has 0 aliphatic rings. The van der Waals surface area contributed by atoms with Gasteiger partial charge in [0.2, 0.25) is 0 Å². The van der Waals surface area contributed by atoms with Gasteiger partial charge in [0.15, 0.2) is 5.84 Å². The molecule has 0 aliphatic heterocycles. The standard InChI is InChI=1S/C12H21N5O2/c1-9(2)8-17(4-5-19-3)11-7-14-10(6-15-11)12(13)16-18/h6-7,9,18H,4-5,8H2,1-3H3,(H2,13,16). The lowest BCUT2D eigenvalue weighted by Crippen LogP contribution is -2.32. The Bertz CT molecular complexity index is 405. The molecule has 0 bridgehead atoms. The van der Waals surface area contributed by atoms with Gasteiger partial charge in [-0.1, -0.05) is 19.0 Å². The van der Waals surface area contributed by atoms with E-state index in [2.05, 4.69) is 33.9 Å². The zero-order valence-electron chi connectivity index (χ0n) is 11.6. The molecule has 7 heteroatoms. The minimum atomic E-state index is -0.0497. The fourth-order valence-corrected chi connectivity index (χ4v) is 1.61. The van der Waals surface area contributed by atoms with E-state index in [1.807, 2.05) is 0 Å². The number of aromatic nitrogens is 2. The van der Waals surface area contributed by atoms with Gasteiger partial charge in [-0.3, -0.25) is 0 Å². The summed E-state index contributed by atoms with van der Waals surface area (Å²) in [6, 6.07) is 0. The average molecular weight is 267 g/mol. The van der Waals surface area contributed by atoms with Crippen LogP contribution in [0.3, 0.4) is 0 Å². The summed E-state index contributed by atoms with van der Waals surface area (Å²) in [5, 5.41) is 11.5. The number of nitrogens with zero attached hydrogens (tertiary/aromatic N) is 4. The second-order valence-electron chi connectivity index (χ2n) is 4.58. The molecule has 0 saturated heterocycles. The smallest absolute Gasteiger partial charge is 0.190 e. The molecule has 1 rings (SSSR count). The summed E-state index contributed by atoms with van der Waals surface area (Å²) in [5.74, 6) is 1.20. The van der Waals surface area contributed by atoms with Crippen LogP contribution in [0, 0.1) is 5.92 Å². The van der Waals surface area contributed by atoms with E-state index in [-0.39, 0.29) is 5.84 Å². The molecule has 0 aromatic carbocycles. The highest BCUT2D eigenvalue weighted by Crippen LogP contribution is 2.11. The Kier molecular flexibility index (Phi) is 6.01. The van der Waals surface area contributed by atoms with Crippen molar-refractivity contribution in [3.8, 4) is 0 Å². The van der Waals surface area contributed by atoms with Gasteiger partial charge in [-0.2, -0.15) is 0 Å². The molecule has 3 N–H and O–H groups in total. The van der Waals surface area contributed by atoms with E-state index >= 15 is 0 Å². The maximum Gasteiger partial charge on any atom is 0.190 e. The predicted molar refractivity (Wildman–Crippen MR) is 73.5 cm³/mol. The van der Waals surface area contributed by atoms with Gasteiger partial charge in [0, 0.05) is 20.2 Å². The number of rotatable bonds is 7. The zero-order chi connectivity index (χ0) is 14.3. The van der Waals surface area contributed by atoms with Crippen LogP contribution in [0.1, 0.15) is 19.5 Å². The Balaban J connectivity index is 2.83. The molecule has 0 saturated carbocycles. The first-order chi connectivity index (χ1) is 9.08. The molecule has 7 nitrogen and oxygen atoms in total. The highest BCUT2D eigenvalue weighted by atomic mass is 16.5. The monoisotopic (exact) mass is 267 g/mol. The summed E-state index contributed by atoms with van der Waals surface area (Å²) in [7, 11) is 1.67. The number of nitrogens with two attached hydrogens (primary N) is 1. The van der Waals surface area contributed by atoms with Crippen molar-refractivity contribution in [2.24, 2.45) is 16.8 Å². The van der Waals surface area contributed by atoms with Gasteiger partial charge in [-0.15, -0.1) is 0 Å². The van der Waals surface area contributed by atoms with Crippen molar-refractivity contribution in [2.75, 3.05) is 31.7 Å². The molecule has 106 valence electrons. The first-order valence-corrected chi connectivity index (χ1v) is 6.12. The second kappa shape index (κ2) is 7.52. The van der Waals surface area contributed by atoms with Crippen molar-refractivity contribution in [3.05, 3.63) is 18.1 Å². The fraction of sp³-hybridized carbons (Fsp3) is 0.583. The molecule has 1 aromatic heterocycles. The Morgan fingerprint density at radius 1 is 1.47 bits per heavy atom. The van der Waals surface area contributed by atoms with Crippen molar-refractivity contribution >= 4 is 11.7 Å². The first-order valence-electron chi connectivity index (χ1n) is 6.12. The van der Waals surface area contributed by atoms with E-state index in [0.29, 0.717) is 18.2 Å². The average Bonchev–Trinajstić information content (AvgIpc) is 2.42. The third kappa shape index (κ3) is 4.70. The van der Waals surface area contributed by atoms with Gasteiger partial charge in [-0.05, 0) is 5.92 Å². The van der Waals surface area contributed by atoms with Crippen molar-refractivity contribution in [1.29, 1.82) is 0 Å². The summed E-state index contributed by atoms with van der Waals surface area (Å²) >= 11 is 0. The summed E-state index contributed by atoms with van der Waals surface area (Å²) in [4.78, 5) is 10.5. The zero-order valence-corrected chi connectivity index (χ0v) is 11.6. The lowest BCUT2D eigenvalue weighted by molar-refractivity contribution is 0.204. The number of hydrogen-bond donors (Lipinski definition) is 2. The lowest BCUT2D eigenvalue weighted by atomic mass is 10.2. The van der Waals surface area contributed by atoms with Crippen molar-refractivity contribution < 1.29 is 9.94 Å². The van der Waals surface area contributed by atoms with Gasteiger partial charge < -0.3 is 20.6 Å². The number of hydrogen-bond acceptors (Lipinski definition) is 6. The van der Waals surface area contributed by atoms with E-state index < -0.39 is 0 Å². The van der Waals surface area contributed by atoms with Crippen LogP contribution in [0.5, 0.6) is 0 Å². The molecule has 0 aliphatic carbocycles. The molecule has 1 heterocycles. The quantitative estimate of drug-likeness (QED) is 0.326. The molecule has 19 heavy (non-hydrogen) atoms. The van der Waals surface area contributed by atoms with Crippen LogP contribution in [0.25, 0.3) is 0 Å². The molecule has 0 spiro atoms. The van der Waals surface area contributed by atoms with Crippen LogP contribution in [0.15, 0.2) is 17.5 Å². The third-order valence-electron chi connectivity index (χ3n) is 2.48. The maximum atomic E-state index is 8.57. The van der Waals surface area contributed by atoms with Crippen molar-refractivity contribution in [3.63, 3.8) is 0 Å². The van der Waals surface area contributed by atoms with E-state index in [4.69, 9.17) is 15.7 Å². The normalized spacial score (nSPS) is 11.9. The molecule has 0 atom stereocenters. The van der Waals surface area contributed by atoms with E-state index in [1.165, 1.54) is 6.20 Å². The number of anilines is 1. The van der Waals surface area contributed by atoms with E-state index in [1.54, 1.807) is 13.3 Å². The Hall–Kier alpha value is -1.89. The van der Waals surface area contributed by atoms with Gasteiger partial charge in [-0.25, -0.2) is 9.97 Å². The van der Waals surface area contributed by atoms with Gasteiger partial charge in [0.05, 0.1) is 19.0 Å². The third-order valence-corrected chi connectivity index (χ3v) is 2.48. The summed E-state index contributed by atoms with van der Waals surface area (Å²) in [5.41, 5.74) is 5.79. The minimum absolute atomic E-state index is 0.0497. The molecule has 0 unspecified atom stereocenters. The number of methoxy groups -OCH3 is 1. The highest BCUT2D eigenvalue weighted by Gasteiger charge is 2.11. The SMILES string of the molecule is COCCN(CC(C)C)c1cnc(C(N)=NO)cn1. The summed E-state index contributed by atoms with van der Waals surface area (Å²) in [6.07, 6.45) is 3.11. The Morgan fingerprint density at radius 2 is 2.21 bits per heavy atom. The van der Waals surface area contributed by atoms with Crippen LogP contribution in [0.4, 0.5) is 5.82 Å². The minimum Gasteiger partial charge on any atom is -0.409 e. The highest BCUT2D eigenvalue weighted by molar-refractivity contribution is 5.94. The molecule has 0 amide bonds. The van der Waals surface area contributed by atoms with Crippen LogP contribution in [-0.4, -0.2) is 47.8 Å². The van der Waals surface area contributed by atoms with Gasteiger partial charge >= 0.3 is 0 Å². The molecular weight excluding hydrogens is 246 g/mol. The maximum absolute atomic E-state index is 8.57. The van der Waals surface area contributed by atoms with Crippen molar-refractivity contribution in [1.82, 2.24) is 9.97 Å². The molecule has 1 aromatic rings. The lowest BCUT2D eigenvalue weighted by Gasteiger charge is -2.24. The number of oxime groups is 1. The molecule has 0 radical (unpaired) electrons. The van der Waals surface area contributed by atoms with Crippen LogP contribution in [-0.2, 0) is 4.74 Å². The van der Waals surface area contributed by atoms with Crippen LogP contribution < -0.4 is 10.6 Å². The second-order valence-corrected chi connectivity index (χ2v) is 4.58. The predicted octanol–water partition coefficient (Wildman–Crippen LogP) is 0.680. The summed E-state index contributed by atoms with van der Waals surface area (Å²) < 4.78 is 5.09. The van der Waals surface area contributed by atoms with E-state index in [9.17, 15) is 0 Å². The topological polar surface area (TPSA) is 96.9 Å². The van der Waals surface area contributed by atoms with Crippen molar-refractivity contribution in [2.45, 2.75) is 13.8 Å². The van der Waals surface area contributed by atoms with Gasteiger partial charge in [0.25, 0.3) is 0 Å². The Labute approximate surface area is 113 Å². The van der Waals surface area contributed by atoms with E-state index in [0.717, 1.165) is 18.9 Å². The molecular formula is C12H21N5O2.